The van der Waals surface area contributed by atoms with Crippen molar-refractivity contribution < 1.29 is 9.90 Å². The molecule has 2 heterocycles. The minimum absolute atomic E-state index is 0.144. The molecule has 2 N–H and O–H groups in total. The Morgan fingerprint density at radius 2 is 2.32 bits per heavy atom. The number of thiazole rings is 1. The molecule has 0 spiro atoms. The summed E-state index contributed by atoms with van der Waals surface area (Å²) in [5.41, 5.74) is 2.65. The van der Waals surface area contributed by atoms with E-state index in [0.717, 1.165) is 22.2 Å². The lowest BCUT2D eigenvalue weighted by molar-refractivity contribution is -0.0815. The molecule has 3 rings (SSSR count). The van der Waals surface area contributed by atoms with E-state index in [2.05, 4.69) is 26.2 Å². The van der Waals surface area contributed by atoms with Gasteiger partial charge in [-0.1, -0.05) is 28.1 Å². The number of nitrogens with zero attached hydrogens (tertiary/aromatic N) is 2. The van der Waals surface area contributed by atoms with Crippen molar-refractivity contribution in [3.05, 3.63) is 50.9 Å². The molecular weight excluding hydrogens is 366 g/mol. The Kier molecular flexibility index (Phi) is 4.46. The molecule has 1 aliphatic rings. The normalized spacial score (nSPS) is 16.2. The number of carbonyl (C=O) groups is 1. The molecule has 0 radical (unpaired) electrons. The molecule has 5 nitrogen and oxygen atoms in total. The summed E-state index contributed by atoms with van der Waals surface area (Å²) in [6, 6.07) is 7.41. The van der Waals surface area contributed by atoms with Gasteiger partial charge in [0.1, 0.15) is 5.60 Å². The van der Waals surface area contributed by atoms with Crippen LogP contribution in [-0.4, -0.2) is 40.7 Å². The first kappa shape index (κ1) is 15.5. The fourth-order valence-corrected chi connectivity index (χ4v) is 3.45. The highest BCUT2D eigenvalue weighted by Gasteiger charge is 2.44. The van der Waals surface area contributed by atoms with Crippen LogP contribution in [-0.2, 0) is 12.0 Å². The molecule has 0 unspecified atom stereocenters. The molecule has 2 amide bonds. The van der Waals surface area contributed by atoms with Gasteiger partial charge in [-0.3, -0.25) is 0 Å². The molecule has 2 aromatic rings. The Morgan fingerprint density at radius 3 is 3.00 bits per heavy atom. The lowest BCUT2D eigenvalue weighted by Crippen LogP contribution is -2.63. The molecule has 116 valence electrons. The molecule has 1 aromatic heterocycles. The van der Waals surface area contributed by atoms with Crippen LogP contribution in [0.25, 0.3) is 0 Å². The van der Waals surface area contributed by atoms with Crippen LogP contribution in [0.2, 0.25) is 0 Å². The zero-order valence-corrected chi connectivity index (χ0v) is 14.2. The number of hydrogen-bond donors (Lipinski definition) is 2. The van der Waals surface area contributed by atoms with Crippen LogP contribution in [0.15, 0.2) is 39.6 Å². The molecule has 0 atom stereocenters. The van der Waals surface area contributed by atoms with Gasteiger partial charge in [-0.05, 0) is 17.7 Å². The van der Waals surface area contributed by atoms with E-state index in [1.54, 1.807) is 21.7 Å². The molecule has 0 bridgehead atoms. The van der Waals surface area contributed by atoms with E-state index in [0.29, 0.717) is 19.6 Å². The average molecular weight is 382 g/mol. The van der Waals surface area contributed by atoms with Crippen LogP contribution in [0.1, 0.15) is 11.3 Å². The minimum Gasteiger partial charge on any atom is -0.381 e. The van der Waals surface area contributed by atoms with Crippen LogP contribution in [0.3, 0.4) is 0 Å². The number of benzene rings is 1. The highest BCUT2D eigenvalue weighted by molar-refractivity contribution is 9.10. The fourth-order valence-electron chi connectivity index (χ4n) is 2.46. The van der Waals surface area contributed by atoms with Gasteiger partial charge in [0.15, 0.2) is 0 Å². The molecule has 1 fully saturated rings. The third kappa shape index (κ3) is 3.31. The standard InChI is InChI=1S/C15H16BrN3O2S/c16-12-3-1-2-11(6-12)15(21)8-19(9-15)14(20)17-5-4-13-7-22-10-18-13/h1-3,6-7,10,21H,4-5,8-9H2,(H,17,20). The van der Waals surface area contributed by atoms with E-state index >= 15 is 0 Å². The van der Waals surface area contributed by atoms with Gasteiger partial charge in [0.05, 0.1) is 24.3 Å². The summed E-state index contributed by atoms with van der Waals surface area (Å²) in [7, 11) is 0. The summed E-state index contributed by atoms with van der Waals surface area (Å²) in [4.78, 5) is 17.8. The predicted octanol–water partition coefficient (Wildman–Crippen LogP) is 2.36. The molecule has 22 heavy (non-hydrogen) atoms. The number of aliphatic hydroxyl groups is 1. The summed E-state index contributed by atoms with van der Waals surface area (Å²) in [5, 5.41) is 15.4. The van der Waals surface area contributed by atoms with Crippen molar-refractivity contribution in [1.82, 2.24) is 15.2 Å². The maximum atomic E-state index is 12.0. The van der Waals surface area contributed by atoms with Crippen LogP contribution >= 0.6 is 27.3 Å². The number of amides is 2. The van der Waals surface area contributed by atoms with Crippen molar-refractivity contribution in [1.29, 1.82) is 0 Å². The zero-order valence-electron chi connectivity index (χ0n) is 11.8. The van der Waals surface area contributed by atoms with E-state index in [9.17, 15) is 9.90 Å². The SMILES string of the molecule is O=C(NCCc1cscn1)N1CC(O)(c2cccc(Br)c2)C1. The van der Waals surface area contributed by atoms with Gasteiger partial charge in [-0.25, -0.2) is 9.78 Å². The van der Waals surface area contributed by atoms with Crippen molar-refractivity contribution in [2.24, 2.45) is 0 Å². The molecule has 7 heteroatoms. The highest BCUT2D eigenvalue weighted by atomic mass is 79.9. The van der Waals surface area contributed by atoms with Crippen molar-refractivity contribution in [2.45, 2.75) is 12.0 Å². The summed E-state index contributed by atoms with van der Waals surface area (Å²) in [6.07, 6.45) is 0.721. The number of hydrogen-bond acceptors (Lipinski definition) is 4. The van der Waals surface area contributed by atoms with E-state index in [4.69, 9.17) is 0 Å². The molecular formula is C15H16BrN3O2S. The molecule has 1 saturated heterocycles. The maximum Gasteiger partial charge on any atom is 0.317 e. The third-order valence-electron chi connectivity index (χ3n) is 3.69. The number of aromatic nitrogens is 1. The smallest absolute Gasteiger partial charge is 0.317 e. The van der Waals surface area contributed by atoms with E-state index in [-0.39, 0.29) is 6.03 Å². The number of halogens is 1. The highest BCUT2D eigenvalue weighted by Crippen LogP contribution is 2.32. The first-order valence-electron chi connectivity index (χ1n) is 6.95. The van der Waals surface area contributed by atoms with Gasteiger partial charge in [-0.2, -0.15) is 0 Å². The van der Waals surface area contributed by atoms with Crippen molar-refractivity contribution >= 4 is 33.3 Å². The van der Waals surface area contributed by atoms with E-state index in [1.807, 2.05) is 29.6 Å². The predicted molar refractivity (Wildman–Crippen MR) is 88.8 cm³/mol. The second-order valence-electron chi connectivity index (χ2n) is 5.36. The summed E-state index contributed by atoms with van der Waals surface area (Å²) in [5.74, 6) is 0. The number of nitrogens with one attached hydrogen (secondary N) is 1. The summed E-state index contributed by atoms with van der Waals surface area (Å²) < 4.78 is 0.921. The van der Waals surface area contributed by atoms with Crippen molar-refractivity contribution in [2.75, 3.05) is 19.6 Å². The largest absolute Gasteiger partial charge is 0.381 e. The van der Waals surface area contributed by atoms with E-state index < -0.39 is 5.60 Å². The lowest BCUT2D eigenvalue weighted by atomic mass is 9.86. The van der Waals surface area contributed by atoms with Gasteiger partial charge in [0.2, 0.25) is 0 Å². The topological polar surface area (TPSA) is 65.5 Å². The van der Waals surface area contributed by atoms with Crippen LogP contribution in [0, 0.1) is 0 Å². The third-order valence-corrected chi connectivity index (χ3v) is 4.82. The number of rotatable bonds is 4. The molecule has 1 aromatic carbocycles. The summed E-state index contributed by atoms with van der Waals surface area (Å²) in [6.45, 7) is 1.17. The monoisotopic (exact) mass is 381 g/mol. The van der Waals surface area contributed by atoms with E-state index in [1.165, 1.54) is 0 Å². The maximum absolute atomic E-state index is 12.0. The lowest BCUT2D eigenvalue weighted by Gasteiger charge is -2.46. The second kappa shape index (κ2) is 6.36. The Bertz CT molecular complexity index is 657. The number of carbonyl (C=O) groups excluding carboxylic acids is 1. The van der Waals surface area contributed by atoms with Crippen molar-refractivity contribution in [3.8, 4) is 0 Å². The van der Waals surface area contributed by atoms with Gasteiger partial charge in [-0.15, -0.1) is 11.3 Å². The van der Waals surface area contributed by atoms with Crippen LogP contribution < -0.4 is 5.32 Å². The molecule has 0 saturated carbocycles. The van der Waals surface area contributed by atoms with Crippen LogP contribution in [0.4, 0.5) is 4.79 Å². The second-order valence-corrected chi connectivity index (χ2v) is 6.99. The number of β-amino-alcohol motifs (C(OH)–C–C–N with tert-alkyl or cyclic N) is 1. The number of likely N-dealkylation sites (tertiary alicyclic amines) is 1. The van der Waals surface area contributed by atoms with Crippen molar-refractivity contribution in [3.63, 3.8) is 0 Å². The fraction of sp³-hybridized carbons (Fsp3) is 0.333. The first-order valence-corrected chi connectivity index (χ1v) is 8.69. The zero-order chi connectivity index (χ0) is 15.6. The quantitative estimate of drug-likeness (QED) is 0.854. The Balaban J connectivity index is 1.48. The Morgan fingerprint density at radius 1 is 1.50 bits per heavy atom. The molecule has 1 aliphatic heterocycles. The van der Waals surface area contributed by atoms with Gasteiger partial charge >= 0.3 is 6.03 Å². The Hall–Kier alpha value is -1.44. The van der Waals surface area contributed by atoms with Gasteiger partial charge in [0, 0.05) is 22.8 Å². The van der Waals surface area contributed by atoms with Crippen LogP contribution in [0.5, 0.6) is 0 Å². The average Bonchev–Trinajstić information content (AvgIpc) is 2.97. The van der Waals surface area contributed by atoms with Gasteiger partial charge in [0.25, 0.3) is 0 Å². The van der Waals surface area contributed by atoms with Gasteiger partial charge < -0.3 is 15.3 Å². The summed E-state index contributed by atoms with van der Waals surface area (Å²) >= 11 is 4.94. The first-order chi connectivity index (χ1) is 10.6. The molecule has 0 aliphatic carbocycles. The Labute approximate surface area is 141 Å². The number of urea groups is 1. The minimum atomic E-state index is -0.948.